The molecule has 34 heavy (non-hydrogen) atoms. The minimum absolute atomic E-state index is 0.157. The van der Waals surface area contributed by atoms with Gasteiger partial charge in [-0.3, -0.25) is 19.7 Å². The van der Waals surface area contributed by atoms with Gasteiger partial charge in [-0.2, -0.15) is 0 Å². The summed E-state index contributed by atoms with van der Waals surface area (Å²) >= 11 is 0. The molecule has 0 aliphatic carbocycles. The Labute approximate surface area is 198 Å². The van der Waals surface area contributed by atoms with E-state index in [9.17, 15) is 4.79 Å². The lowest BCUT2D eigenvalue weighted by molar-refractivity contribution is -0.110. The Morgan fingerprint density at radius 2 is 1.88 bits per heavy atom. The first kappa shape index (κ1) is 22.1. The molecule has 0 unspecified atom stereocenters. The normalized spacial score (nSPS) is 16.3. The minimum Gasteiger partial charge on any atom is -0.379 e. The van der Waals surface area contributed by atoms with E-state index >= 15 is 0 Å². The van der Waals surface area contributed by atoms with Gasteiger partial charge in [-0.25, -0.2) is 9.97 Å². The molecular weight excluding hydrogens is 430 g/mol. The molecule has 0 radical (unpaired) electrons. The number of rotatable bonds is 5. The molecule has 174 valence electrons. The quantitative estimate of drug-likeness (QED) is 0.604. The van der Waals surface area contributed by atoms with Crippen molar-refractivity contribution in [1.82, 2.24) is 19.9 Å². The molecule has 2 aromatic heterocycles. The average molecular weight is 458 g/mol. The number of carbonyl (C=O) groups excluding carboxylic acids is 1. The van der Waals surface area contributed by atoms with Crippen LogP contribution in [0.5, 0.6) is 0 Å². The predicted molar refractivity (Wildman–Crippen MR) is 131 cm³/mol. The van der Waals surface area contributed by atoms with Crippen LogP contribution in [0.25, 0.3) is 11.1 Å². The number of nitrogen functional groups attached to an aromatic ring is 1. The van der Waals surface area contributed by atoms with Crippen LogP contribution in [-0.4, -0.2) is 64.3 Å². The maximum Gasteiger partial charge on any atom is 0.274 e. The van der Waals surface area contributed by atoms with E-state index in [1.165, 1.54) is 12.4 Å². The SMILES string of the molecule is Nc1ncc(NC(=O)C2=NCCCc3ccc(-c4cncc(CN5CCOCC5)c4)cc32)cn1. The van der Waals surface area contributed by atoms with Crippen molar-refractivity contribution in [1.29, 1.82) is 0 Å². The van der Waals surface area contributed by atoms with E-state index in [-0.39, 0.29) is 11.9 Å². The molecular formula is C25H27N7O2. The van der Waals surface area contributed by atoms with Gasteiger partial charge in [0.25, 0.3) is 5.91 Å². The van der Waals surface area contributed by atoms with E-state index in [0.717, 1.165) is 73.5 Å². The number of nitrogens with one attached hydrogen (secondary N) is 1. The standard InChI is InChI=1S/C25H27N7O2/c26-25-29-14-21(15-30-25)31-24(33)23-22-11-19(4-3-18(22)2-1-5-28-23)20-10-17(12-27-13-20)16-32-6-8-34-9-7-32/h3-4,10-15H,1-2,5-9,16H2,(H,31,33)(H2,26,29,30). The lowest BCUT2D eigenvalue weighted by Crippen LogP contribution is -2.35. The number of amides is 1. The van der Waals surface area contributed by atoms with Gasteiger partial charge in [-0.15, -0.1) is 0 Å². The molecule has 5 rings (SSSR count). The van der Waals surface area contributed by atoms with Crippen LogP contribution in [-0.2, 0) is 22.5 Å². The van der Waals surface area contributed by atoms with E-state index < -0.39 is 0 Å². The first-order valence-corrected chi connectivity index (χ1v) is 11.5. The van der Waals surface area contributed by atoms with Gasteiger partial charge >= 0.3 is 0 Å². The zero-order valence-corrected chi connectivity index (χ0v) is 18.9. The Kier molecular flexibility index (Phi) is 6.55. The summed E-state index contributed by atoms with van der Waals surface area (Å²) in [5, 5.41) is 2.84. The summed E-state index contributed by atoms with van der Waals surface area (Å²) in [5.74, 6) is -0.128. The Morgan fingerprint density at radius 1 is 1.06 bits per heavy atom. The number of pyridine rings is 1. The van der Waals surface area contributed by atoms with Gasteiger partial charge in [0.15, 0.2) is 0 Å². The monoisotopic (exact) mass is 457 g/mol. The van der Waals surface area contributed by atoms with Crippen LogP contribution in [0.15, 0.2) is 54.0 Å². The number of nitrogens with zero attached hydrogens (tertiary/aromatic N) is 5. The van der Waals surface area contributed by atoms with E-state index in [0.29, 0.717) is 17.9 Å². The Hall–Kier alpha value is -3.69. The fourth-order valence-electron chi connectivity index (χ4n) is 4.28. The largest absolute Gasteiger partial charge is 0.379 e. The molecule has 2 aliphatic rings. The van der Waals surface area contributed by atoms with Crippen molar-refractivity contribution >= 4 is 23.3 Å². The smallest absolute Gasteiger partial charge is 0.274 e. The highest BCUT2D eigenvalue weighted by Gasteiger charge is 2.21. The van der Waals surface area contributed by atoms with E-state index in [4.69, 9.17) is 10.5 Å². The molecule has 1 amide bonds. The number of aryl methyl sites for hydroxylation is 1. The van der Waals surface area contributed by atoms with E-state index in [2.05, 4.69) is 48.4 Å². The molecule has 3 N–H and O–H groups in total. The fourth-order valence-corrected chi connectivity index (χ4v) is 4.28. The van der Waals surface area contributed by atoms with Crippen LogP contribution < -0.4 is 11.1 Å². The number of nitrogens with two attached hydrogens (primary N) is 1. The lowest BCUT2D eigenvalue weighted by Gasteiger charge is -2.26. The van der Waals surface area contributed by atoms with Crippen molar-refractivity contribution in [3.05, 3.63) is 65.7 Å². The van der Waals surface area contributed by atoms with Crippen LogP contribution in [0.4, 0.5) is 11.6 Å². The number of benzene rings is 1. The predicted octanol–water partition coefficient (Wildman–Crippen LogP) is 2.33. The van der Waals surface area contributed by atoms with Gasteiger partial charge in [-0.05, 0) is 41.7 Å². The number of aliphatic imine (C=N–C) groups is 1. The second-order valence-electron chi connectivity index (χ2n) is 8.46. The summed E-state index contributed by atoms with van der Waals surface area (Å²) in [6, 6.07) is 8.42. The van der Waals surface area contributed by atoms with Crippen LogP contribution in [0.2, 0.25) is 0 Å². The molecule has 2 aliphatic heterocycles. The summed E-state index contributed by atoms with van der Waals surface area (Å²) < 4.78 is 5.45. The van der Waals surface area contributed by atoms with Crippen LogP contribution in [0.1, 0.15) is 23.1 Å². The Morgan fingerprint density at radius 3 is 2.71 bits per heavy atom. The molecule has 3 aromatic rings. The topological polar surface area (TPSA) is 119 Å². The van der Waals surface area contributed by atoms with Crippen molar-refractivity contribution in [2.24, 2.45) is 4.99 Å². The van der Waals surface area contributed by atoms with E-state index in [1.807, 2.05) is 18.5 Å². The lowest BCUT2D eigenvalue weighted by atomic mass is 9.94. The van der Waals surface area contributed by atoms with Crippen LogP contribution in [0.3, 0.4) is 0 Å². The van der Waals surface area contributed by atoms with Gasteiger partial charge in [0.2, 0.25) is 5.95 Å². The van der Waals surface area contributed by atoms with Crippen LogP contribution >= 0.6 is 0 Å². The third-order valence-corrected chi connectivity index (χ3v) is 6.02. The summed E-state index contributed by atoms with van der Waals surface area (Å²) in [5.41, 5.74) is 11.6. The third-order valence-electron chi connectivity index (χ3n) is 6.02. The zero-order valence-electron chi connectivity index (χ0n) is 18.9. The van der Waals surface area contributed by atoms with Gasteiger partial charge in [-0.1, -0.05) is 12.1 Å². The highest BCUT2D eigenvalue weighted by molar-refractivity contribution is 6.49. The average Bonchev–Trinajstić information content (AvgIpc) is 3.08. The van der Waals surface area contributed by atoms with Crippen molar-refractivity contribution in [2.45, 2.75) is 19.4 Å². The van der Waals surface area contributed by atoms with E-state index in [1.54, 1.807) is 0 Å². The molecule has 0 saturated carbocycles. The van der Waals surface area contributed by atoms with Gasteiger partial charge in [0, 0.05) is 49.7 Å². The maximum absolute atomic E-state index is 13.1. The summed E-state index contributed by atoms with van der Waals surface area (Å²) in [6.45, 7) is 4.83. The third kappa shape index (κ3) is 5.11. The molecule has 1 saturated heterocycles. The first-order valence-electron chi connectivity index (χ1n) is 11.5. The summed E-state index contributed by atoms with van der Waals surface area (Å²) in [4.78, 5) is 32.5. The molecule has 1 aromatic carbocycles. The van der Waals surface area contributed by atoms with Crippen LogP contribution in [0, 0.1) is 0 Å². The van der Waals surface area contributed by atoms with Gasteiger partial charge in [0.1, 0.15) is 5.71 Å². The number of carbonyl (C=O) groups is 1. The summed E-state index contributed by atoms with van der Waals surface area (Å²) in [6.07, 6.45) is 8.52. The molecule has 4 heterocycles. The van der Waals surface area contributed by atoms with Gasteiger partial charge in [0.05, 0.1) is 31.3 Å². The maximum atomic E-state index is 13.1. The van der Waals surface area contributed by atoms with Crippen molar-refractivity contribution in [2.75, 3.05) is 43.9 Å². The van der Waals surface area contributed by atoms with Crippen molar-refractivity contribution < 1.29 is 9.53 Å². The molecule has 0 atom stereocenters. The molecule has 9 nitrogen and oxygen atoms in total. The number of ether oxygens (including phenoxy) is 1. The summed E-state index contributed by atoms with van der Waals surface area (Å²) in [7, 11) is 0. The number of fused-ring (bicyclic) bond motifs is 1. The number of morpholine rings is 1. The first-order chi connectivity index (χ1) is 16.7. The second kappa shape index (κ2) is 10.1. The fraction of sp³-hybridized carbons (Fsp3) is 0.320. The number of aromatic nitrogens is 3. The zero-order chi connectivity index (χ0) is 23.3. The molecule has 0 spiro atoms. The van der Waals surface area contributed by atoms with Crippen molar-refractivity contribution in [3.63, 3.8) is 0 Å². The second-order valence-corrected chi connectivity index (χ2v) is 8.46. The molecule has 9 heteroatoms. The molecule has 0 bridgehead atoms. The number of hydrogen-bond donors (Lipinski definition) is 2. The number of hydrogen-bond acceptors (Lipinski definition) is 8. The Balaban J connectivity index is 1.41. The van der Waals surface area contributed by atoms with Crippen molar-refractivity contribution in [3.8, 4) is 11.1 Å². The minimum atomic E-state index is -0.284. The highest BCUT2D eigenvalue weighted by atomic mass is 16.5. The Bertz CT molecular complexity index is 1200. The van der Waals surface area contributed by atoms with Gasteiger partial charge < -0.3 is 15.8 Å². The molecule has 1 fully saturated rings. The highest BCUT2D eigenvalue weighted by Crippen LogP contribution is 2.26. The number of anilines is 2.